The van der Waals surface area contributed by atoms with E-state index >= 15 is 0 Å². The number of anilines is 3. The van der Waals surface area contributed by atoms with E-state index in [0.29, 0.717) is 21.4 Å². The van der Waals surface area contributed by atoms with E-state index in [1.54, 1.807) is 18.7 Å². The number of aryl methyl sites for hydroxylation is 4. The average molecular weight is 517 g/mol. The molecule has 1 aromatic heterocycles. The molecule has 0 unspecified atom stereocenters. The molecule has 0 fully saturated rings. The van der Waals surface area contributed by atoms with Crippen molar-refractivity contribution in [2.75, 3.05) is 16.0 Å². The number of thioether (sulfide) groups is 1. The van der Waals surface area contributed by atoms with Crippen LogP contribution in [-0.2, 0) is 5.75 Å². The van der Waals surface area contributed by atoms with Crippen molar-refractivity contribution in [3.63, 3.8) is 0 Å². The van der Waals surface area contributed by atoms with Gasteiger partial charge in [-0.3, -0.25) is 10.1 Å². The number of aromatic nitrogens is 1. The van der Waals surface area contributed by atoms with E-state index in [2.05, 4.69) is 33.1 Å². The Morgan fingerprint density at radius 2 is 1.53 bits per heavy atom. The van der Waals surface area contributed by atoms with Crippen molar-refractivity contribution in [3.05, 3.63) is 99.6 Å². The fraction of sp³-hybridized carbons (Fsp3) is 0.179. The molecule has 0 saturated heterocycles. The van der Waals surface area contributed by atoms with Gasteiger partial charge >= 0.3 is 6.03 Å². The molecule has 4 aromatic rings. The monoisotopic (exact) mass is 516 g/mol. The van der Waals surface area contributed by atoms with E-state index in [1.807, 2.05) is 75.4 Å². The van der Waals surface area contributed by atoms with Crippen molar-refractivity contribution < 1.29 is 9.59 Å². The number of amides is 3. The van der Waals surface area contributed by atoms with Crippen LogP contribution in [0.5, 0.6) is 0 Å². The summed E-state index contributed by atoms with van der Waals surface area (Å²) in [6.45, 7) is 7.73. The van der Waals surface area contributed by atoms with E-state index in [-0.39, 0.29) is 5.91 Å². The van der Waals surface area contributed by atoms with Gasteiger partial charge in [0.15, 0.2) is 5.13 Å². The highest BCUT2D eigenvalue weighted by molar-refractivity contribution is 7.98. The highest BCUT2D eigenvalue weighted by atomic mass is 32.2. The number of nitrogens with one attached hydrogen (secondary N) is 3. The predicted octanol–water partition coefficient (Wildman–Crippen LogP) is 7.57. The van der Waals surface area contributed by atoms with Crippen molar-refractivity contribution in [2.24, 2.45) is 0 Å². The smallest absolute Gasteiger partial charge is 0.321 e. The van der Waals surface area contributed by atoms with Crippen LogP contribution in [0.1, 0.15) is 37.6 Å². The Balaban J connectivity index is 1.33. The number of benzene rings is 3. The second kappa shape index (κ2) is 11.4. The lowest BCUT2D eigenvalue weighted by Crippen LogP contribution is -2.19. The molecule has 3 amide bonds. The van der Waals surface area contributed by atoms with Gasteiger partial charge in [-0.2, -0.15) is 0 Å². The van der Waals surface area contributed by atoms with Gasteiger partial charge in [0.25, 0.3) is 5.91 Å². The van der Waals surface area contributed by atoms with Crippen LogP contribution in [0.25, 0.3) is 0 Å². The van der Waals surface area contributed by atoms with Gasteiger partial charge in [-0.15, -0.1) is 11.8 Å². The first kappa shape index (κ1) is 25.5. The SMILES string of the molecule is Cc1cc(C)c(NC(=O)c2sc(NC(=O)Nc3ccc(SCc4ccccc4)cc3)nc2C)c(C)c1. The molecular formula is C28H28N4O2S2. The van der Waals surface area contributed by atoms with Crippen LogP contribution in [0, 0.1) is 27.7 Å². The van der Waals surface area contributed by atoms with Gasteiger partial charge in [-0.05, 0) is 68.7 Å². The number of carbonyl (C=O) groups excluding carboxylic acids is 2. The minimum atomic E-state index is -0.411. The van der Waals surface area contributed by atoms with Crippen LogP contribution in [0.4, 0.5) is 21.3 Å². The maximum atomic E-state index is 12.9. The molecule has 8 heteroatoms. The standard InChI is InChI=1S/C28H28N4O2S2/c1-17-14-18(2)24(19(3)15-17)31-26(33)25-20(4)29-28(36-25)32-27(34)30-22-10-12-23(13-11-22)35-16-21-8-6-5-7-9-21/h5-15H,16H2,1-4H3,(H,31,33)(H2,29,30,32,34). The fourth-order valence-corrected chi connectivity index (χ4v) is 5.55. The molecule has 0 atom stereocenters. The number of hydrogen-bond donors (Lipinski definition) is 3. The van der Waals surface area contributed by atoms with Gasteiger partial charge in [0.1, 0.15) is 4.88 Å². The van der Waals surface area contributed by atoms with Crippen LogP contribution in [-0.4, -0.2) is 16.9 Å². The van der Waals surface area contributed by atoms with Gasteiger partial charge in [0.05, 0.1) is 5.69 Å². The summed E-state index contributed by atoms with van der Waals surface area (Å²) in [7, 11) is 0. The Hall–Kier alpha value is -3.62. The zero-order valence-electron chi connectivity index (χ0n) is 20.6. The summed E-state index contributed by atoms with van der Waals surface area (Å²) in [5.74, 6) is 0.647. The third-order valence-corrected chi connectivity index (χ3v) is 7.65. The summed E-state index contributed by atoms with van der Waals surface area (Å²) in [5, 5.41) is 8.91. The van der Waals surface area contributed by atoms with Crippen molar-refractivity contribution in [3.8, 4) is 0 Å². The van der Waals surface area contributed by atoms with Gasteiger partial charge in [0, 0.05) is 22.0 Å². The first-order valence-electron chi connectivity index (χ1n) is 11.5. The maximum absolute atomic E-state index is 12.9. The van der Waals surface area contributed by atoms with Crippen LogP contribution in [0.3, 0.4) is 0 Å². The second-order valence-corrected chi connectivity index (χ2v) is 10.6. The van der Waals surface area contributed by atoms with Crippen molar-refractivity contribution in [2.45, 2.75) is 38.3 Å². The van der Waals surface area contributed by atoms with Crippen LogP contribution < -0.4 is 16.0 Å². The Labute approximate surface area is 219 Å². The lowest BCUT2D eigenvalue weighted by molar-refractivity contribution is 0.102. The molecule has 0 spiro atoms. The topological polar surface area (TPSA) is 83.1 Å². The first-order chi connectivity index (χ1) is 17.3. The lowest BCUT2D eigenvalue weighted by atomic mass is 10.1. The van der Waals surface area contributed by atoms with E-state index < -0.39 is 6.03 Å². The summed E-state index contributed by atoms with van der Waals surface area (Å²) >= 11 is 2.89. The van der Waals surface area contributed by atoms with E-state index in [9.17, 15) is 9.59 Å². The molecule has 0 aliphatic carbocycles. The summed E-state index contributed by atoms with van der Waals surface area (Å²) in [5.41, 5.74) is 6.46. The lowest BCUT2D eigenvalue weighted by Gasteiger charge is -2.12. The molecule has 0 saturated carbocycles. The molecular weight excluding hydrogens is 488 g/mol. The third kappa shape index (κ3) is 6.53. The summed E-state index contributed by atoms with van der Waals surface area (Å²) in [6.07, 6.45) is 0. The molecule has 0 bridgehead atoms. The van der Waals surface area contributed by atoms with E-state index in [4.69, 9.17) is 0 Å². The minimum Gasteiger partial charge on any atom is -0.321 e. The molecule has 0 aliphatic rings. The molecule has 6 nitrogen and oxygen atoms in total. The number of carbonyl (C=O) groups is 2. The number of nitrogens with zero attached hydrogens (tertiary/aromatic N) is 1. The van der Waals surface area contributed by atoms with E-state index in [1.165, 1.54) is 5.56 Å². The highest BCUT2D eigenvalue weighted by Crippen LogP contribution is 2.27. The van der Waals surface area contributed by atoms with Crippen LogP contribution in [0.2, 0.25) is 0 Å². The molecule has 3 N–H and O–H groups in total. The molecule has 3 aromatic carbocycles. The first-order valence-corrected chi connectivity index (χ1v) is 13.3. The van der Waals surface area contributed by atoms with Gasteiger partial charge in [-0.1, -0.05) is 59.4 Å². The Morgan fingerprint density at radius 3 is 2.19 bits per heavy atom. The number of rotatable bonds is 7. The molecule has 4 rings (SSSR count). The number of urea groups is 1. The normalized spacial score (nSPS) is 10.7. The summed E-state index contributed by atoms with van der Waals surface area (Å²) in [4.78, 5) is 31.4. The van der Waals surface area contributed by atoms with Gasteiger partial charge < -0.3 is 10.6 Å². The number of thiazole rings is 1. The Bertz CT molecular complexity index is 1360. The number of hydrogen-bond acceptors (Lipinski definition) is 5. The van der Waals surface area contributed by atoms with Gasteiger partial charge in [0.2, 0.25) is 0 Å². The summed E-state index contributed by atoms with van der Waals surface area (Å²) in [6, 6.07) is 21.6. The molecule has 0 aliphatic heterocycles. The zero-order valence-corrected chi connectivity index (χ0v) is 22.3. The zero-order chi connectivity index (χ0) is 25.7. The third-order valence-electron chi connectivity index (χ3n) is 5.50. The fourth-order valence-electron chi connectivity index (χ4n) is 3.84. The van der Waals surface area contributed by atoms with Gasteiger partial charge in [-0.25, -0.2) is 9.78 Å². The second-order valence-electron chi connectivity index (χ2n) is 8.54. The molecule has 0 radical (unpaired) electrons. The van der Waals surface area contributed by atoms with Crippen LogP contribution >= 0.6 is 23.1 Å². The highest BCUT2D eigenvalue weighted by Gasteiger charge is 2.18. The quantitative estimate of drug-likeness (QED) is 0.221. The maximum Gasteiger partial charge on any atom is 0.325 e. The average Bonchev–Trinajstić information content (AvgIpc) is 3.21. The van der Waals surface area contributed by atoms with Crippen molar-refractivity contribution in [1.29, 1.82) is 0 Å². The Morgan fingerprint density at radius 1 is 0.861 bits per heavy atom. The van der Waals surface area contributed by atoms with E-state index in [0.717, 1.165) is 44.4 Å². The van der Waals surface area contributed by atoms with Crippen LogP contribution in [0.15, 0.2) is 71.6 Å². The largest absolute Gasteiger partial charge is 0.325 e. The molecule has 184 valence electrons. The molecule has 1 heterocycles. The summed E-state index contributed by atoms with van der Waals surface area (Å²) < 4.78 is 0. The van der Waals surface area contributed by atoms with Crippen molar-refractivity contribution >= 4 is 51.5 Å². The minimum absolute atomic E-state index is 0.239. The van der Waals surface area contributed by atoms with Crippen molar-refractivity contribution in [1.82, 2.24) is 4.98 Å². The predicted molar refractivity (Wildman–Crippen MR) is 151 cm³/mol. The molecule has 36 heavy (non-hydrogen) atoms. The Kier molecular flexibility index (Phi) is 8.07.